The molecule has 3 aromatic heterocycles. The Morgan fingerprint density at radius 1 is 0.435 bits per heavy atom. The van der Waals surface area contributed by atoms with Gasteiger partial charge in [0.1, 0.15) is 11.2 Å². The van der Waals surface area contributed by atoms with E-state index in [9.17, 15) is 0 Å². The maximum atomic E-state index is 6.42. The number of thiophene rings is 2. The minimum absolute atomic E-state index is 0.889. The van der Waals surface area contributed by atoms with Crippen molar-refractivity contribution in [1.29, 1.82) is 0 Å². The molecule has 2 nitrogen and oxygen atoms in total. The summed E-state index contributed by atoms with van der Waals surface area (Å²) in [5.74, 6) is 0. The van der Waals surface area contributed by atoms with Crippen molar-refractivity contribution in [2.45, 2.75) is 0 Å². The molecule has 7 aromatic carbocycles. The second-order valence-electron chi connectivity index (χ2n) is 11.7. The SMILES string of the molecule is c1ccc(-c2ccc(N(c3ccc4c(c3)oc3ccccc34)c3ccc4c(c3)sc3ccccc34)c3sc4ccccc4c23)cc1. The third-order valence-corrected chi connectivity index (χ3v) is 11.4. The van der Waals surface area contributed by atoms with Gasteiger partial charge in [0, 0.05) is 63.9 Å². The van der Waals surface area contributed by atoms with Crippen LogP contribution in [0, 0.1) is 0 Å². The van der Waals surface area contributed by atoms with Crippen molar-refractivity contribution in [3.8, 4) is 11.1 Å². The van der Waals surface area contributed by atoms with Crippen LogP contribution in [0.4, 0.5) is 17.1 Å². The normalized spacial score (nSPS) is 11.9. The van der Waals surface area contributed by atoms with Crippen LogP contribution in [0.1, 0.15) is 0 Å². The van der Waals surface area contributed by atoms with Gasteiger partial charge in [0.2, 0.25) is 0 Å². The molecular weight excluding hydrogens is 599 g/mol. The predicted octanol–water partition coefficient (Wildman–Crippen LogP) is 13.5. The van der Waals surface area contributed by atoms with Gasteiger partial charge in [-0.2, -0.15) is 0 Å². The molecule has 0 N–H and O–H groups in total. The molecule has 46 heavy (non-hydrogen) atoms. The largest absolute Gasteiger partial charge is 0.456 e. The first-order valence-corrected chi connectivity index (χ1v) is 17.1. The van der Waals surface area contributed by atoms with E-state index in [1.807, 2.05) is 34.8 Å². The van der Waals surface area contributed by atoms with Crippen LogP contribution in [0.5, 0.6) is 0 Å². The van der Waals surface area contributed by atoms with E-state index in [0.29, 0.717) is 0 Å². The van der Waals surface area contributed by atoms with E-state index in [-0.39, 0.29) is 0 Å². The number of nitrogens with zero attached hydrogens (tertiary/aromatic N) is 1. The zero-order valence-corrected chi connectivity index (χ0v) is 26.2. The molecule has 0 saturated heterocycles. The highest BCUT2D eigenvalue weighted by molar-refractivity contribution is 7.26. The van der Waals surface area contributed by atoms with Gasteiger partial charge in [-0.3, -0.25) is 0 Å². The molecule has 0 spiro atoms. The van der Waals surface area contributed by atoms with Crippen molar-refractivity contribution in [3.63, 3.8) is 0 Å². The van der Waals surface area contributed by atoms with Gasteiger partial charge in [0.25, 0.3) is 0 Å². The van der Waals surface area contributed by atoms with Gasteiger partial charge >= 0.3 is 0 Å². The topological polar surface area (TPSA) is 16.4 Å². The quantitative estimate of drug-likeness (QED) is 0.194. The highest BCUT2D eigenvalue weighted by Gasteiger charge is 2.22. The van der Waals surface area contributed by atoms with E-state index in [0.717, 1.165) is 39.0 Å². The van der Waals surface area contributed by atoms with E-state index in [1.54, 1.807) is 0 Å². The summed E-state index contributed by atoms with van der Waals surface area (Å²) in [6.45, 7) is 0. The Morgan fingerprint density at radius 2 is 1.07 bits per heavy atom. The lowest BCUT2D eigenvalue weighted by Gasteiger charge is -2.26. The molecule has 10 aromatic rings. The lowest BCUT2D eigenvalue weighted by Crippen LogP contribution is -2.10. The summed E-state index contributed by atoms with van der Waals surface area (Å²) in [5.41, 5.74) is 7.63. The molecule has 0 atom stereocenters. The fourth-order valence-corrected chi connectivity index (χ4v) is 9.36. The zero-order valence-electron chi connectivity index (χ0n) is 24.6. The Balaban J connectivity index is 1.27. The average Bonchev–Trinajstić information content (AvgIpc) is 3.80. The van der Waals surface area contributed by atoms with Crippen LogP contribution in [0.15, 0.2) is 156 Å². The molecule has 0 radical (unpaired) electrons. The third-order valence-electron chi connectivity index (χ3n) is 9.07. The van der Waals surface area contributed by atoms with Gasteiger partial charge in [-0.05, 0) is 59.7 Å². The summed E-state index contributed by atoms with van der Waals surface area (Å²) in [4.78, 5) is 2.42. The minimum atomic E-state index is 0.889. The monoisotopic (exact) mass is 623 g/mol. The van der Waals surface area contributed by atoms with Crippen LogP contribution >= 0.6 is 22.7 Å². The molecule has 0 bridgehead atoms. The summed E-state index contributed by atoms with van der Waals surface area (Å²) in [6.07, 6.45) is 0. The van der Waals surface area contributed by atoms with Crippen molar-refractivity contribution >= 4 is 102 Å². The molecule has 10 rings (SSSR count). The molecule has 0 aliphatic rings. The Labute approximate surface area is 273 Å². The van der Waals surface area contributed by atoms with Crippen molar-refractivity contribution in [1.82, 2.24) is 0 Å². The maximum absolute atomic E-state index is 6.42. The fourth-order valence-electron chi connectivity index (χ4n) is 6.98. The van der Waals surface area contributed by atoms with E-state index in [2.05, 4.69) is 144 Å². The number of hydrogen-bond acceptors (Lipinski definition) is 4. The average molecular weight is 624 g/mol. The number of para-hydroxylation sites is 1. The molecule has 3 heterocycles. The maximum Gasteiger partial charge on any atom is 0.137 e. The van der Waals surface area contributed by atoms with E-state index < -0.39 is 0 Å². The molecule has 0 aliphatic heterocycles. The minimum Gasteiger partial charge on any atom is -0.456 e. The zero-order chi connectivity index (χ0) is 30.2. The van der Waals surface area contributed by atoms with Gasteiger partial charge in [0.05, 0.1) is 10.4 Å². The number of furan rings is 1. The number of benzene rings is 7. The van der Waals surface area contributed by atoms with Crippen LogP contribution in [0.2, 0.25) is 0 Å². The smallest absolute Gasteiger partial charge is 0.137 e. The van der Waals surface area contributed by atoms with Crippen molar-refractivity contribution in [2.24, 2.45) is 0 Å². The van der Waals surface area contributed by atoms with Gasteiger partial charge in [-0.25, -0.2) is 0 Å². The molecular formula is C42H25NOS2. The Kier molecular flexibility index (Phi) is 5.65. The van der Waals surface area contributed by atoms with Crippen LogP contribution in [-0.2, 0) is 0 Å². The lowest BCUT2D eigenvalue weighted by molar-refractivity contribution is 0.669. The van der Waals surface area contributed by atoms with Crippen LogP contribution in [0.3, 0.4) is 0 Å². The first-order chi connectivity index (χ1) is 22.8. The van der Waals surface area contributed by atoms with Crippen molar-refractivity contribution in [2.75, 3.05) is 4.90 Å². The standard InChI is InChI=1S/C42H25NOS2/c1-2-10-26(11-3-1)29-22-23-35(42-41(29)34-14-6-9-17-39(34)46-42)43(27-18-20-31-30-12-4-7-15-36(30)44-37(31)24-27)28-19-21-33-32-13-5-8-16-38(32)45-40(33)25-28/h1-25H. The van der Waals surface area contributed by atoms with Gasteiger partial charge in [-0.15, -0.1) is 22.7 Å². The number of anilines is 3. The molecule has 216 valence electrons. The number of hydrogen-bond donors (Lipinski definition) is 0. The summed E-state index contributed by atoms with van der Waals surface area (Å²) in [7, 11) is 0. The van der Waals surface area contributed by atoms with Gasteiger partial charge in [0.15, 0.2) is 0 Å². The second-order valence-corrected chi connectivity index (χ2v) is 13.8. The number of rotatable bonds is 4. The summed E-state index contributed by atoms with van der Waals surface area (Å²) in [5, 5.41) is 7.46. The Morgan fingerprint density at radius 3 is 1.91 bits per heavy atom. The predicted molar refractivity (Wildman–Crippen MR) is 200 cm³/mol. The second kappa shape index (κ2) is 10.0. The van der Waals surface area contributed by atoms with Crippen LogP contribution < -0.4 is 4.90 Å². The molecule has 0 aliphatic carbocycles. The third kappa shape index (κ3) is 3.87. The fraction of sp³-hybridized carbons (Fsp3) is 0. The van der Waals surface area contributed by atoms with Crippen LogP contribution in [-0.4, -0.2) is 0 Å². The van der Waals surface area contributed by atoms with Crippen LogP contribution in [0.25, 0.3) is 73.4 Å². The molecule has 0 unspecified atom stereocenters. The molecule has 0 amide bonds. The molecule has 0 saturated carbocycles. The Hall–Kier alpha value is -5.42. The first-order valence-electron chi connectivity index (χ1n) is 15.4. The summed E-state index contributed by atoms with van der Waals surface area (Å²) in [6, 6.07) is 54.7. The lowest BCUT2D eigenvalue weighted by atomic mass is 9.98. The van der Waals surface area contributed by atoms with E-state index >= 15 is 0 Å². The van der Waals surface area contributed by atoms with Crippen molar-refractivity contribution < 1.29 is 4.42 Å². The van der Waals surface area contributed by atoms with E-state index in [1.165, 1.54) is 51.5 Å². The number of fused-ring (bicyclic) bond motifs is 9. The van der Waals surface area contributed by atoms with E-state index in [4.69, 9.17) is 4.42 Å². The van der Waals surface area contributed by atoms with Crippen molar-refractivity contribution in [3.05, 3.63) is 152 Å². The summed E-state index contributed by atoms with van der Waals surface area (Å²) < 4.78 is 11.6. The van der Waals surface area contributed by atoms with Gasteiger partial charge in [-0.1, -0.05) is 97.1 Å². The first kappa shape index (κ1) is 25.9. The van der Waals surface area contributed by atoms with Gasteiger partial charge < -0.3 is 9.32 Å². The highest BCUT2D eigenvalue weighted by Crippen LogP contribution is 2.49. The molecule has 0 fully saturated rings. The Bertz CT molecular complexity index is 2650. The highest BCUT2D eigenvalue weighted by atomic mass is 32.1. The summed E-state index contributed by atoms with van der Waals surface area (Å²) >= 11 is 3.72. The molecule has 4 heteroatoms.